The van der Waals surface area contributed by atoms with E-state index in [0.717, 1.165) is 43.7 Å². The number of hydrogen-bond donors (Lipinski definition) is 1. The van der Waals surface area contributed by atoms with Crippen LogP contribution < -0.4 is 5.32 Å². The van der Waals surface area contributed by atoms with Crippen molar-refractivity contribution in [2.45, 2.75) is 36.5 Å². The molecule has 0 atom stereocenters. The molecule has 0 unspecified atom stereocenters. The number of nitrogens with zero attached hydrogens (tertiary/aromatic N) is 3. The van der Waals surface area contributed by atoms with E-state index in [4.69, 9.17) is 0 Å². The molecular weight excluding hydrogens is 401 g/mol. The van der Waals surface area contributed by atoms with Crippen LogP contribution in [-0.4, -0.2) is 42.7 Å². The van der Waals surface area contributed by atoms with Crippen molar-refractivity contribution in [3.8, 4) is 6.07 Å². The van der Waals surface area contributed by atoms with Crippen LogP contribution in [-0.2, 0) is 10.8 Å². The largest absolute Gasteiger partial charge is 0.384 e. The van der Waals surface area contributed by atoms with Gasteiger partial charge >= 0.3 is 0 Å². The maximum Gasteiger partial charge on any atom is 0.130 e. The van der Waals surface area contributed by atoms with Crippen LogP contribution in [0.3, 0.4) is 0 Å². The minimum Gasteiger partial charge on any atom is -0.384 e. The summed E-state index contributed by atoms with van der Waals surface area (Å²) in [5.74, 6) is -1.44. The number of piperidine rings is 2. The van der Waals surface area contributed by atoms with E-state index >= 15 is 0 Å². The summed E-state index contributed by atoms with van der Waals surface area (Å²) in [5, 5.41) is 17.7. The SMILES string of the molecule is N#CC1(c2c(F)cccc2F)CCN(N2CCC3(CC2)CNc2cccc(F)c23)CC1. The van der Waals surface area contributed by atoms with Crippen molar-refractivity contribution in [1.82, 2.24) is 10.0 Å². The lowest BCUT2D eigenvalue weighted by atomic mass is 9.73. The first-order valence-electron chi connectivity index (χ1n) is 10.9. The van der Waals surface area contributed by atoms with Crippen LogP contribution in [0.15, 0.2) is 36.4 Å². The quantitative estimate of drug-likeness (QED) is 0.776. The molecule has 0 amide bonds. The summed E-state index contributed by atoms with van der Waals surface area (Å²) in [4.78, 5) is 0. The Kier molecular flexibility index (Phi) is 4.95. The van der Waals surface area contributed by atoms with Crippen molar-refractivity contribution in [1.29, 1.82) is 5.26 Å². The van der Waals surface area contributed by atoms with Crippen LogP contribution in [0.4, 0.5) is 18.9 Å². The molecule has 2 aromatic carbocycles. The minimum atomic E-state index is -1.14. The molecule has 3 heterocycles. The Bertz CT molecular complexity index is 1010. The summed E-state index contributed by atoms with van der Waals surface area (Å²) in [7, 11) is 0. The predicted molar refractivity (Wildman–Crippen MR) is 112 cm³/mol. The molecule has 0 bridgehead atoms. The summed E-state index contributed by atoms with van der Waals surface area (Å²) < 4.78 is 43.3. The van der Waals surface area contributed by atoms with E-state index in [1.807, 2.05) is 6.07 Å². The molecule has 1 N–H and O–H groups in total. The molecule has 4 nitrogen and oxygen atoms in total. The number of fused-ring (bicyclic) bond motifs is 2. The van der Waals surface area contributed by atoms with Crippen molar-refractivity contribution < 1.29 is 13.2 Å². The smallest absolute Gasteiger partial charge is 0.130 e. The zero-order valence-electron chi connectivity index (χ0n) is 17.3. The lowest BCUT2D eigenvalue weighted by Gasteiger charge is -2.47. The van der Waals surface area contributed by atoms with Gasteiger partial charge in [-0.15, -0.1) is 0 Å². The first-order chi connectivity index (χ1) is 15.0. The Balaban J connectivity index is 1.28. The average molecular weight is 426 g/mol. The Labute approximate surface area is 180 Å². The molecule has 31 heavy (non-hydrogen) atoms. The van der Waals surface area contributed by atoms with E-state index in [9.17, 15) is 18.4 Å². The predicted octanol–water partition coefficient (Wildman–Crippen LogP) is 4.34. The van der Waals surface area contributed by atoms with Gasteiger partial charge in [-0.3, -0.25) is 0 Å². The van der Waals surface area contributed by atoms with Crippen LogP contribution in [0.5, 0.6) is 0 Å². The lowest BCUT2D eigenvalue weighted by Crippen LogP contribution is -2.55. The molecule has 2 fully saturated rings. The molecule has 5 rings (SSSR count). The Hall–Kier alpha value is -2.56. The van der Waals surface area contributed by atoms with Crippen LogP contribution in [0, 0.1) is 28.8 Å². The number of rotatable bonds is 2. The fraction of sp³-hybridized carbons (Fsp3) is 0.458. The van der Waals surface area contributed by atoms with Gasteiger partial charge in [-0.05, 0) is 49.9 Å². The van der Waals surface area contributed by atoms with Gasteiger partial charge in [-0.25, -0.2) is 23.2 Å². The van der Waals surface area contributed by atoms with Gasteiger partial charge in [0.2, 0.25) is 0 Å². The average Bonchev–Trinajstić information content (AvgIpc) is 3.14. The number of anilines is 1. The van der Waals surface area contributed by atoms with E-state index in [1.54, 1.807) is 6.07 Å². The third-order valence-electron chi connectivity index (χ3n) is 7.51. The van der Waals surface area contributed by atoms with Gasteiger partial charge < -0.3 is 5.32 Å². The minimum absolute atomic E-state index is 0.0983. The van der Waals surface area contributed by atoms with Crippen LogP contribution >= 0.6 is 0 Å². The maximum atomic E-state index is 14.6. The number of hydrazine groups is 1. The van der Waals surface area contributed by atoms with E-state index < -0.39 is 17.0 Å². The highest BCUT2D eigenvalue weighted by molar-refractivity contribution is 5.61. The van der Waals surface area contributed by atoms with Gasteiger partial charge in [0, 0.05) is 55.0 Å². The zero-order chi connectivity index (χ0) is 21.6. The maximum absolute atomic E-state index is 14.6. The molecule has 7 heteroatoms. The summed E-state index contributed by atoms with van der Waals surface area (Å²) in [6.07, 6.45) is 2.44. The molecule has 2 aromatic rings. The van der Waals surface area contributed by atoms with Crippen molar-refractivity contribution >= 4 is 5.69 Å². The van der Waals surface area contributed by atoms with Crippen LogP contribution in [0.1, 0.15) is 36.8 Å². The number of hydrogen-bond acceptors (Lipinski definition) is 4. The Morgan fingerprint density at radius 3 is 1.87 bits per heavy atom. The second-order valence-corrected chi connectivity index (χ2v) is 8.99. The highest BCUT2D eigenvalue weighted by atomic mass is 19.1. The zero-order valence-corrected chi connectivity index (χ0v) is 17.3. The normalized spacial score (nSPS) is 22.6. The molecule has 0 aromatic heterocycles. The van der Waals surface area contributed by atoms with Gasteiger partial charge in [-0.1, -0.05) is 12.1 Å². The summed E-state index contributed by atoms with van der Waals surface area (Å²) in [5.41, 5.74) is 0.294. The second-order valence-electron chi connectivity index (χ2n) is 8.99. The second kappa shape index (κ2) is 7.54. The van der Waals surface area contributed by atoms with E-state index in [0.29, 0.717) is 25.9 Å². The molecular formula is C24H25F3N4. The van der Waals surface area contributed by atoms with Gasteiger partial charge in [0.1, 0.15) is 17.5 Å². The molecule has 0 saturated carbocycles. The standard InChI is InChI=1S/C24H25F3N4/c25-17-3-1-4-18(26)21(17)23(15-28)7-11-30(12-8-23)31-13-9-24(10-14-31)16-29-20-6-2-5-19(27)22(20)24/h1-6,29H,7-14,16H2. The number of nitrogens with one attached hydrogen (secondary N) is 1. The fourth-order valence-electron chi connectivity index (χ4n) is 5.73. The highest BCUT2D eigenvalue weighted by Crippen LogP contribution is 2.46. The molecule has 3 aliphatic heterocycles. The number of halogens is 3. The van der Waals surface area contributed by atoms with Gasteiger partial charge in [0.05, 0.1) is 11.5 Å². The monoisotopic (exact) mass is 426 g/mol. The fourth-order valence-corrected chi connectivity index (χ4v) is 5.73. The summed E-state index contributed by atoms with van der Waals surface area (Å²) in [6, 6.07) is 11.2. The van der Waals surface area contributed by atoms with Crippen LogP contribution in [0.25, 0.3) is 0 Å². The highest BCUT2D eigenvalue weighted by Gasteiger charge is 2.46. The lowest BCUT2D eigenvalue weighted by molar-refractivity contribution is -0.0725. The van der Waals surface area contributed by atoms with Crippen molar-refractivity contribution in [2.24, 2.45) is 0 Å². The number of benzene rings is 2. The van der Waals surface area contributed by atoms with Crippen molar-refractivity contribution in [3.05, 3.63) is 65.0 Å². The van der Waals surface area contributed by atoms with E-state index in [1.165, 1.54) is 24.3 Å². The topological polar surface area (TPSA) is 42.3 Å². The number of nitriles is 1. The van der Waals surface area contributed by atoms with Gasteiger partial charge in [0.15, 0.2) is 0 Å². The Morgan fingerprint density at radius 1 is 0.774 bits per heavy atom. The first-order valence-corrected chi connectivity index (χ1v) is 10.9. The molecule has 0 radical (unpaired) electrons. The molecule has 0 aliphatic carbocycles. The summed E-state index contributed by atoms with van der Waals surface area (Å²) >= 11 is 0. The third-order valence-corrected chi connectivity index (χ3v) is 7.51. The molecule has 1 spiro atoms. The third kappa shape index (κ3) is 3.20. The summed E-state index contributed by atoms with van der Waals surface area (Å²) in [6.45, 7) is 3.47. The van der Waals surface area contributed by atoms with E-state index in [-0.39, 0.29) is 16.8 Å². The van der Waals surface area contributed by atoms with Crippen molar-refractivity contribution in [3.63, 3.8) is 0 Å². The molecule has 3 aliphatic rings. The Morgan fingerprint density at radius 2 is 1.29 bits per heavy atom. The van der Waals surface area contributed by atoms with Crippen LogP contribution in [0.2, 0.25) is 0 Å². The van der Waals surface area contributed by atoms with Crippen molar-refractivity contribution in [2.75, 3.05) is 38.0 Å². The first kappa shape index (κ1) is 20.3. The molecule has 2 saturated heterocycles. The molecule has 162 valence electrons. The van der Waals surface area contributed by atoms with E-state index in [2.05, 4.69) is 21.4 Å². The van der Waals surface area contributed by atoms with Gasteiger partial charge in [0.25, 0.3) is 0 Å². The van der Waals surface area contributed by atoms with Gasteiger partial charge in [-0.2, -0.15) is 5.26 Å².